The number of nitrogens with one attached hydrogen (secondary N) is 2. The van der Waals surface area contributed by atoms with Crippen molar-refractivity contribution >= 4 is 15.9 Å². The largest absolute Gasteiger partial charge is 0.495 e. The number of benzene rings is 2. The molecule has 0 radical (unpaired) electrons. The van der Waals surface area contributed by atoms with Gasteiger partial charge in [0.05, 0.1) is 7.11 Å². The summed E-state index contributed by atoms with van der Waals surface area (Å²) in [4.78, 5) is 12.7. The highest BCUT2D eigenvalue weighted by Gasteiger charge is 2.28. The summed E-state index contributed by atoms with van der Waals surface area (Å²) in [5.41, 5.74) is 1.62. The predicted octanol–water partition coefficient (Wildman–Crippen LogP) is 2.05. The summed E-state index contributed by atoms with van der Waals surface area (Å²) in [6.45, 7) is 2.70. The number of rotatable bonds is 11. The molecule has 2 N–H and O–H groups in total. The van der Waals surface area contributed by atoms with E-state index in [1.54, 1.807) is 26.2 Å². The Balaban J connectivity index is 2.25. The van der Waals surface area contributed by atoms with E-state index in [0.717, 1.165) is 11.1 Å². The molecule has 0 bridgehead atoms. The average molecular weight is 421 g/mol. The molecule has 8 heteroatoms. The second-order valence-electron chi connectivity index (χ2n) is 6.66. The Morgan fingerprint density at radius 3 is 2.48 bits per heavy atom. The first-order valence-electron chi connectivity index (χ1n) is 9.35. The van der Waals surface area contributed by atoms with E-state index in [9.17, 15) is 13.2 Å². The van der Waals surface area contributed by atoms with Gasteiger partial charge in [0.1, 0.15) is 16.7 Å². The van der Waals surface area contributed by atoms with Crippen molar-refractivity contribution in [2.45, 2.75) is 30.7 Å². The van der Waals surface area contributed by atoms with Crippen LogP contribution in [0.1, 0.15) is 17.5 Å². The summed E-state index contributed by atoms with van der Waals surface area (Å²) < 4.78 is 38.8. The maximum Gasteiger partial charge on any atom is 0.244 e. The Labute approximate surface area is 172 Å². The molecule has 1 atom stereocenters. The van der Waals surface area contributed by atoms with Crippen molar-refractivity contribution in [2.75, 3.05) is 27.4 Å². The van der Waals surface area contributed by atoms with Crippen LogP contribution in [0.3, 0.4) is 0 Å². The second kappa shape index (κ2) is 10.9. The molecule has 1 amide bonds. The van der Waals surface area contributed by atoms with Gasteiger partial charge in [-0.15, -0.1) is 0 Å². The highest BCUT2D eigenvalue weighted by molar-refractivity contribution is 7.89. The van der Waals surface area contributed by atoms with Gasteiger partial charge in [0.25, 0.3) is 0 Å². The van der Waals surface area contributed by atoms with Crippen LogP contribution in [0, 0.1) is 6.92 Å². The van der Waals surface area contributed by atoms with Crippen LogP contribution in [0.5, 0.6) is 5.75 Å². The molecular formula is C21H28N2O5S. The lowest BCUT2D eigenvalue weighted by Gasteiger charge is -2.20. The van der Waals surface area contributed by atoms with Crippen LogP contribution >= 0.6 is 0 Å². The Hall–Kier alpha value is -2.42. The Morgan fingerprint density at radius 2 is 1.83 bits per heavy atom. The van der Waals surface area contributed by atoms with Gasteiger partial charge in [0.15, 0.2) is 0 Å². The number of amides is 1. The number of methoxy groups -OCH3 is 2. The fourth-order valence-electron chi connectivity index (χ4n) is 2.83. The topological polar surface area (TPSA) is 93.7 Å². The molecule has 0 saturated heterocycles. The number of ether oxygens (including phenoxy) is 2. The number of hydrogen-bond acceptors (Lipinski definition) is 5. The maximum absolute atomic E-state index is 13.1. The van der Waals surface area contributed by atoms with Crippen LogP contribution in [0.15, 0.2) is 53.4 Å². The lowest BCUT2D eigenvalue weighted by atomic mass is 10.1. The molecule has 0 aromatic heterocycles. The lowest BCUT2D eigenvalue weighted by Crippen LogP contribution is -2.48. The lowest BCUT2D eigenvalue weighted by molar-refractivity contribution is -0.122. The first kappa shape index (κ1) is 22.9. The van der Waals surface area contributed by atoms with E-state index in [4.69, 9.17) is 9.47 Å². The molecule has 2 rings (SSSR count). The highest BCUT2D eigenvalue weighted by atomic mass is 32.2. The molecule has 0 aliphatic heterocycles. The summed E-state index contributed by atoms with van der Waals surface area (Å²) in [6, 6.07) is 13.2. The van der Waals surface area contributed by atoms with E-state index >= 15 is 0 Å². The summed E-state index contributed by atoms with van der Waals surface area (Å²) >= 11 is 0. The van der Waals surface area contributed by atoms with Crippen LogP contribution in [0.4, 0.5) is 0 Å². The van der Waals surface area contributed by atoms with Crippen molar-refractivity contribution in [3.63, 3.8) is 0 Å². The third-order valence-electron chi connectivity index (χ3n) is 4.33. The molecule has 158 valence electrons. The average Bonchev–Trinajstić information content (AvgIpc) is 2.71. The van der Waals surface area contributed by atoms with Gasteiger partial charge in [-0.2, -0.15) is 4.72 Å². The van der Waals surface area contributed by atoms with E-state index in [0.29, 0.717) is 19.6 Å². The molecule has 0 aliphatic carbocycles. The van der Waals surface area contributed by atoms with Crippen molar-refractivity contribution in [3.05, 3.63) is 59.7 Å². The van der Waals surface area contributed by atoms with Crippen molar-refractivity contribution in [2.24, 2.45) is 0 Å². The first-order valence-corrected chi connectivity index (χ1v) is 10.8. The zero-order valence-electron chi connectivity index (χ0n) is 17.0. The first-order chi connectivity index (χ1) is 13.9. The number of hydrogen-bond donors (Lipinski definition) is 2. The summed E-state index contributed by atoms with van der Waals surface area (Å²) in [6.07, 6.45) is 0.864. The summed E-state index contributed by atoms with van der Waals surface area (Å²) in [5.74, 6) is -0.165. The second-order valence-corrected chi connectivity index (χ2v) is 8.34. The molecule has 1 unspecified atom stereocenters. The molecule has 0 saturated carbocycles. The van der Waals surface area contributed by atoms with Crippen LogP contribution in [0.2, 0.25) is 0 Å². The van der Waals surface area contributed by atoms with Crippen molar-refractivity contribution in [1.29, 1.82) is 0 Å². The zero-order chi connectivity index (χ0) is 21.3. The normalized spacial score (nSPS) is 12.4. The van der Waals surface area contributed by atoms with Gasteiger partial charge in [0.2, 0.25) is 15.9 Å². The summed E-state index contributed by atoms with van der Waals surface area (Å²) in [5, 5.41) is 2.77. The van der Waals surface area contributed by atoms with E-state index in [1.807, 2.05) is 30.3 Å². The van der Waals surface area contributed by atoms with Crippen LogP contribution in [0.25, 0.3) is 0 Å². The van der Waals surface area contributed by atoms with Crippen molar-refractivity contribution in [1.82, 2.24) is 10.0 Å². The van der Waals surface area contributed by atoms with Gasteiger partial charge in [-0.05, 0) is 43.0 Å². The maximum atomic E-state index is 13.1. The molecule has 7 nitrogen and oxygen atoms in total. The van der Waals surface area contributed by atoms with Crippen LogP contribution in [-0.2, 0) is 26.0 Å². The molecule has 0 spiro atoms. The molecule has 0 fully saturated rings. The third kappa shape index (κ3) is 6.85. The minimum Gasteiger partial charge on any atom is -0.495 e. The number of carbonyl (C=O) groups excluding carboxylic acids is 1. The van der Waals surface area contributed by atoms with Gasteiger partial charge in [0, 0.05) is 20.3 Å². The van der Waals surface area contributed by atoms with Crippen LogP contribution < -0.4 is 14.8 Å². The third-order valence-corrected chi connectivity index (χ3v) is 5.82. The van der Waals surface area contributed by atoms with E-state index < -0.39 is 16.1 Å². The molecule has 0 heterocycles. The zero-order valence-corrected chi connectivity index (χ0v) is 17.8. The predicted molar refractivity (Wildman–Crippen MR) is 111 cm³/mol. The van der Waals surface area contributed by atoms with Gasteiger partial charge in [-0.3, -0.25) is 4.79 Å². The van der Waals surface area contributed by atoms with Gasteiger partial charge in [-0.25, -0.2) is 8.42 Å². The molecule has 29 heavy (non-hydrogen) atoms. The van der Waals surface area contributed by atoms with Crippen LogP contribution in [-0.4, -0.2) is 47.7 Å². The monoisotopic (exact) mass is 420 g/mol. The molecule has 2 aromatic carbocycles. The minimum absolute atomic E-state index is 0.00486. The number of carbonyl (C=O) groups is 1. The smallest absolute Gasteiger partial charge is 0.244 e. The van der Waals surface area contributed by atoms with Crippen molar-refractivity contribution in [3.8, 4) is 5.75 Å². The Morgan fingerprint density at radius 1 is 1.10 bits per heavy atom. The standard InChI is InChI=1S/C21H28N2O5S/c1-16-10-11-19(28-3)20(14-16)29(25,26)23-18(15-17-8-5-4-6-9-17)21(24)22-12-7-13-27-2/h4-6,8-11,14,18,23H,7,12-13,15H2,1-3H3,(H,22,24). The van der Waals surface area contributed by atoms with Gasteiger partial charge in [-0.1, -0.05) is 36.4 Å². The highest BCUT2D eigenvalue weighted by Crippen LogP contribution is 2.25. The minimum atomic E-state index is -3.99. The van der Waals surface area contributed by atoms with E-state index in [-0.39, 0.29) is 23.0 Å². The molecule has 0 aliphatic rings. The summed E-state index contributed by atoms with van der Waals surface area (Å²) in [7, 11) is -0.989. The van der Waals surface area contributed by atoms with Gasteiger partial charge >= 0.3 is 0 Å². The number of aryl methyl sites for hydroxylation is 1. The van der Waals surface area contributed by atoms with Crippen molar-refractivity contribution < 1.29 is 22.7 Å². The van der Waals surface area contributed by atoms with Gasteiger partial charge < -0.3 is 14.8 Å². The Bertz CT molecular complexity index is 901. The van der Waals surface area contributed by atoms with E-state index in [2.05, 4.69) is 10.0 Å². The molecule has 2 aromatic rings. The molecular weight excluding hydrogens is 392 g/mol. The quantitative estimate of drug-likeness (QED) is 0.543. The van der Waals surface area contributed by atoms with E-state index in [1.165, 1.54) is 13.2 Å². The fraction of sp³-hybridized carbons (Fsp3) is 0.381. The fourth-order valence-corrected chi connectivity index (χ4v) is 4.28. The Kier molecular flexibility index (Phi) is 8.63. The SMILES string of the molecule is COCCCNC(=O)C(Cc1ccccc1)NS(=O)(=O)c1cc(C)ccc1OC. The number of sulfonamides is 1.